The van der Waals surface area contributed by atoms with Gasteiger partial charge >= 0.3 is 0 Å². The zero-order valence-electron chi connectivity index (χ0n) is 15.3. The van der Waals surface area contributed by atoms with Gasteiger partial charge in [-0.25, -0.2) is 0 Å². The van der Waals surface area contributed by atoms with Crippen molar-refractivity contribution in [1.29, 1.82) is 5.26 Å². The van der Waals surface area contributed by atoms with E-state index in [0.29, 0.717) is 25.6 Å². The maximum atomic E-state index is 13.0. The van der Waals surface area contributed by atoms with Crippen molar-refractivity contribution in [2.24, 2.45) is 0 Å². The SMILES string of the molecule is Cc1ccccc1C1CCCN1CC(=O)N(CCC#N)c1ccccc1. The van der Waals surface area contributed by atoms with Crippen molar-refractivity contribution in [3.8, 4) is 6.07 Å². The number of benzene rings is 2. The molecule has 2 aromatic carbocycles. The first-order valence-corrected chi connectivity index (χ1v) is 9.22. The van der Waals surface area contributed by atoms with Gasteiger partial charge in [0.25, 0.3) is 0 Å². The molecule has 0 N–H and O–H groups in total. The van der Waals surface area contributed by atoms with Gasteiger partial charge < -0.3 is 4.90 Å². The van der Waals surface area contributed by atoms with Crippen molar-refractivity contribution in [2.75, 3.05) is 24.5 Å². The van der Waals surface area contributed by atoms with Gasteiger partial charge in [0.05, 0.1) is 19.0 Å². The molecule has 26 heavy (non-hydrogen) atoms. The lowest BCUT2D eigenvalue weighted by atomic mass is 9.99. The van der Waals surface area contributed by atoms with Crippen LogP contribution in [0.5, 0.6) is 0 Å². The molecular formula is C22H25N3O. The lowest BCUT2D eigenvalue weighted by Gasteiger charge is -2.29. The molecule has 1 aliphatic rings. The Bertz CT molecular complexity index is 781. The third kappa shape index (κ3) is 4.12. The molecule has 1 unspecified atom stereocenters. The van der Waals surface area contributed by atoms with Gasteiger partial charge in [-0.2, -0.15) is 5.26 Å². The molecule has 1 saturated heterocycles. The van der Waals surface area contributed by atoms with Crippen LogP contribution in [0, 0.1) is 18.3 Å². The minimum Gasteiger partial charge on any atom is -0.310 e. The van der Waals surface area contributed by atoms with E-state index in [9.17, 15) is 4.79 Å². The number of carbonyl (C=O) groups excluding carboxylic acids is 1. The summed E-state index contributed by atoms with van der Waals surface area (Å²) >= 11 is 0. The summed E-state index contributed by atoms with van der Waals surface area (Å²) in [6, 6.07) is 20.5. The van der Waals surface area contributed by atoms with Crippen LogP contribution in [0.1, 0.15) is 36.4 Å². The molecule has 0 saturated carbocycles. The van der Waals surface area contributed by atoms with E-state index in [1.807, 2.05) is 30.3 Å². The number of rotatable bonds is 6. The fourth-order valence-electron chi connectivity index (χ4n) is 3.75. The van der Waals surface area contributed by atoms with Crippen LogP contribution >= 0.6 is 0 Å². The summed E-state index contributed by atoms with van der Waals surface area (Å²) < 4.78 is 0. The molecular weight excluding hydrogens is 322 g/mol. The number of amides is 1. The van der Waals surface area contributed by atoms with E-state index in [-0.39, 0.29) is 5.91 Å². The van der Waals surface area contributed by atoms with Crippen LogP contribution in [-0.2, 0) is 4.79 Å². The van der Waals surface area contributed by atoms with Gasteiger partial charge in [-0.05, 0) is 49.6 Å². The van der Waals surface area contributed by atoms with Crippen molar-refractivity contribution < 1.29 is 4.79 Å². The second-order valence-electron chi connectivity index (χ2n) is 6.77. The highest BCUT2D eigenvalue weighted by molar-refractivity contribution is 5.94. The molecule has 4 nitrogen and oxygen atoms in total. The third-order valence-corrected chi connectivity index (χ3v) is 5.07. The van der Waals surface area contributed by atoms with E-state index in [1.165, 1.54) is 11.1 Å². The molecule has 1 aliphatic heterocycles. The summed E-state index contributed by atoms with van der Waals surface area (Å²) in [6.07, 6.45) is 2.53. The normalized spacial score (nSPS) is 17.0. The molecule has 0 aromatic heterocycles. The molecule has 134 valence electrons. The molecule has 2 aromatic rings. The Kier molecular flexibility index (Phi) is 6.04. The zero-order valence-corrected chi connectivity index (χ0v) is 15.3. The summed E-state index contributed by atoms with van der Waals surface area (Å²) in [5.41, 5.74) is 3.46. The van der Waals surface area contributed by atoms with Crippen molar-refractivity contribution >= 4 is 11.6 Å². The van der Waals surface area contributed by atoms with Gasteiger partial charge in [-0.3, -0.25) is 9.69 Å². The number of aryl methyl sites for hydroxylation is 1. The quantitative estimate of drug-likeness (QED) is 0.791. The minimum atomic E-state index is 0.0620. The molecule has 1 heterocycles. The van der Waals surface area contributed by atoms with Gasteiger partial charge in [0.15, 0.2) is 0 Å². The average Bonchev–Trinajstić information content (AvgIpc) is 3.11. The molecule has 1 fully saturated rings. The van der Waals surface area contributed by atoms with Crippen LogP contribution < -0.4 is 4.90 Å². The zero-order chi connectivity index (χ0) is 18.4. The number of para-hydroxylation sites is 1. The number of hydrogen-bond donors (Lipinski definition) is 0. The van der Waals surface area contributed by atoms with E-state index in [0.717, 1.165) is 25.1 Å². The predicted molar refractivity (Wildman–Crippen MR) is 104 cm³/mol. The number of hydrogen-bond acceptors (Lipinski definition) is 3. The van der Waals surface area contributed by atoms with E-state index >= 15 is 0 Å². The number of nitrogens with zero attached hydrogens (tertiary/aromatic N) is 3. The van der Waals surface area contributed by atoms with E-state index < -0.39 is 0 Å². The second-order valence-corrected chi connectivity index (χ2v) is 6.77. The number of anilines is 1. The maximum Gasteiger partial charge on any atom is 0.241 e. The third-order valence-electron chi connectivity index (χ3n) is 5.07. The summed E-state index contributed by atoms with van der Waals surface area (Å²) in [4.78, 5) is 17.1. The highest BCUT2D eigenvalue weighted by atomic mass is 16.2. The maximum absolute atomic E-state index is 13.0. The van der Waals surface area contributed by atoms with E-state index in [4.69, 9.17) is 5.26 Å². The lowest BCUT2D eigenvalue weighted by Crippen LogP contribution is -2.41. The summed E-state index contributed by atoms with van der Waals surface area (Å²) in [7, 11) is 0. The number of likely N-dealkylation sites (tertiary alicyclic amines) is 1. The Morgan fingerprint density at radius 1 is 1.19 bits per heavy atom. The molecule has 4 heteroatoms. The smallest absolute Gasteiger partial charge is 0.241 e. The molecule has 0 bridgehead atoms. The van der Waals surface area contributed by atoms with Gasteiger partial charge in [-0.15, -0.1) is 0 Å². The predicted octanol–water partition coefficient (Wildman–Crippen LogP) is 4.08. The van der Waals surface area contributed by atoms with Crippen LogP contribution in [-0.4, -0.2) is 30.4 Å². The van der Waals surface area contributed by atoms with Crippen molar-refractivity contribution in [3.63, 3.8) is 0 Å². The highest BCUT2D eigenvalue weighted by Crippen LogP contribution is 2.33. The molecule has 0 aliphatic carbocycles. The Labute approximate surface area is 155 Å². The molecule has 1 amide bonds. The van der Waals surface area contributed by atoms with Crippen molar-refractivity contribution in [3.05, 3.63) is 65.7 Å². The molecule has 1 atom stereocenters. The van der Waals surface area contributed by atoms with Gasteiger partial charge in [0, 0.05) is 18.3 Å². The summed E-state index contributed by atoms with van der Waals surface area (Å²) in [5.74, 6) is 0.0620. The Morgan fingerprint density at radius 2 is 1.92 bits per heavy atom. The van der Waals surface area contributed by atoms with Gasteiger partial charge in [0.1, 0.15) is 0 Å². The first-order chi connectivity index (χ1) is 12.7. The highest BCUT2D eigenvalue weighted by Gasteiger charge is 2.30. The van der Waals surface area contributed by atoms with Crippen LogP contribution in [0.25, 0.3) is 0 Å². The van der Waals surface area contributed by atoms with Crippen LogP contribution in [0.15, 0.2) is 54.6 Å². The molecule has 0 spiro atoms. The van der Waals surface area contributed by atoms with Gasteiger partial charge in [-0.1, -0.05) is 42.5 Å². The lowest BCUT2D eigenvalue weighted by molar-refractivity contribution is -0.120. The fraction of sp³-hybridized carbons (Fsp3) is 0.364. The Morgan fingerprint density at radius 3 is 2.65 bits per heavy atom. The summed E-state index contributed by atoms with van der Waals surface area (Å²) in [6.45, 7) is 3.89. The summed E-state index contributed by atoms with van der Waals surface area (Å²) in [5, 5.41) is 8.95. The van der Waals surface area contributed by atoms with Crippen molar-refractivity contribution in [1.82, 2.24) is 4.90 Å². The van der Waals surface area contributed by atoms with Crippen LogP contribution in [0.3, 0.4) is 0 Å². The minimum absolute atomic E-state index is 0.0620. The molecule has 0 radical (unpaired) electrons. The first-order valence-electron chi connectivity index (χ1n) is 9.22. The van der Waals surface area contributed by atoms with Crippen LogP contribution in [0.4, 0.5) is 5.69 Å². The standard InChI is InChI=1S/C22H25N3O/c1-18-9-5-6-12-20(18)21-13-7-15-24(21)17-22(26)25(16-8-14-23)19-10-3-2-4-11-19/h2-6,9-12,21H,7-8,13,15-17H2,1H3. The van der Waals surface area contributed by atoms with E-state index in [1.54, 1.807) is 4.90 Å². The largest absolute Gasteiger partial charge is 0.310 e. The Balaban J connectivity index is 1.76. The first kappa shape index (κ1) is 18.2. The topological polar surface area (TPSA) is 47.3 Å². The van der Waals surface area contributed by atoms with Crippen molar-refractivity contribution in [2.45, 2.75) is 32.2 Å². The number of nitriles is 1. The van der Waals surface area contributed by atoms with Crippen LogP contribution in [0.2, 0.25) is 0 Å². The monoisotopic (exact) mass is 347 g/mol. The van der Waals surface area contributed by atoms with E-state index in [2.05, 4.69) is 42.2 Å². The Hall–Kier alpha value is -2.64. The van der Waals surface area contributed by atoms with Gasteiger partial charge in [0.2, 0.25) is 5.91 Å². The average molecular weight is 347 g/mol. The second kappa shape index (κ2) is 8.64. The molecule has 3 rings (SSSR count). The number of carbonyl (C=O) groups is 1. The fourth-order valence-corrected chi connectivity index (χ4v) is 3.75.